The molecule has 0 heterocycles. The summed E-state index contributed by atoms with van der Waals surface area (Å²) in [6, 6.07) is 8.36. The van der Waals surface area contributed by atoms with Crippen molar-refractivity contribution in [2.75, 3.05) is 14.2 Å². The van der Waals surface area contributed by atoms with Crippen LogP contribution in [0.3, 0.4) is 0 Å². The van der Waals surface area contributed by atoms with Gasteiger partial charge in [0.1, 0.15) is 5.75 Å². The van der Waals surface area contributed by atoms with E-state index >= 15 is 0 Å². The Morgan fingerprint density at radius 3 is 2.57 bits per heavy atom. The number of hydrogen-bond donors (Lipinski definition) is 1. The summed E-state index contributed by atoms with van der Waals surface area (Å²) >= 11 is 0. The van der Waals surface area contributed by atoms with Gasteiger partial charge < -0.3 is 15.2 Å². The first kappa shape index (κ1) is 16.3. The van der Waals surface area contributed by atoms with E-state index < -0.39 is 0 Å². The Kier molecular flexibility index (Phi) is 5.65. The third-order valence-electron chi connectivity index (χ3n) is 4.98. The van der Waals surface area contributed by atoms with E-state index in [0.717, 1.165) is 31.4 Å². The molecule has 21 heavy (non-hydrogen) atoms. The van der Waals surface area contributed by atoms with Crippen LogP contribution in [0.25, 0.3) is 0 Å². The molecular formula is C18H29NO2. The first-order valence-corrected chi connectivity index (χ1v) is 8.03. The molecule has 2 N–H and O–H groups in total. The third-order valence-corrected chi connectivity index (χ3v) is 4.98. The van der Waals surface area contributed by atoms with Gasteiger partial charge in [0.25, 0.3) is 0 Å². The van der Waals surface area contributed by atoms with Crippen LogP contribution in [0.2, 0.25) is 0 Å². The van der Waals surface area contributed by atoms with Crippen LogP contribution in [0.1, 0.15) is 44.6 Å². The lowest BCUT2D eigenvalue weighted by Gasteiger charge is -2.43. The van der Waals surface area contributed by atoms with E-state index in [4.69, 9.17) is 15.2 Å². The molecule has 1 aliphatic carbocycles. The van der Waals surface area contributed by atoms with Gasteiger partial charge in [-0.15, -0.1) is 0 Å². The number of methoxy groups -OCH3 is 2. The third kappa shape index (κ3) is 3.98. The summed E-state index contributed by atoms with van der Waals surface area (Å²) in [5.41, 5.74) is 7.70. The Morgan fingerprint density at radius 1 is 1.29 bits per heavy atom. The van der Waals surface area contributed by atoms with Crippen molar-refractivity contribution in [3.05, 3.63) is 29.8 Å². The van der Waals surface area contributed by atoms with Crippen LogP contribution in [0.5, 0.6) is 5.75 Å². The van der Waals surface area contributed by atoms with E-state index in [1.807, 2.05) is 19.2 Å². The standard InChI is InChI=1S/C18H29NO2/c1-14-5-4-12-18(13-14,21-3)17(19)11-8-15-6-9-16(20-2)10-7-15/h6-7,9-10,14,17H,4-5,8,11-13,19H2,1-3H3. The van der Waals surface area contributed by atoms with Crippen molar-refractivity contribution in [3.8, 4) is 5.75 Å². The molecule has 1 fully saturated rings. The highest BCUT2D eigenvalue weighted by Crippen LogP contribution is 2.37. The van der Waals surface area contributed by atoms with Crippen LogP contribution in [0.4, 0.5) is 0 Å². The van der Waals surface area contributed by atoms with Gasteiger partial charge in [0.05, 0.1) is 12.7 Å². The van der Waals surface area contributed by atoms with Crippen LogP contribution >= 0.6 is 0 Å². The second-order valence-electron chi connectivity index (χ2n) is 6.46. The minimum absolute atomic E-state index is 0.104. The predicted molar refractivity (Wildman–Crippen MR) is 86.7 cm³/mol. The lowest BCUT2D eigenvalue weighted by atomic mass is 9.73. The van der Waals surface area contributed by atoms with Gasteiger partial charge in [-0.05, 0) is 49.3 Å². The van der Waals surface area contributed by atoms with E-state index in [-0.39, 0.29) is 11.6 Å². The van der Waals surface area contributed by atoms with Crippen molar-refractivity contribution in [1.82, 2.24) is 0 Å². The average molecular weight is 291 g/mol. The van der Waals surface area contributed by atoms with Gasteiger partial charge in [0.2, 0.25) is 0 Å². The minimum Gasteiger partial charge on any atom is -0.497 e. The molecule has 3 nitrogen and oxygen atoms in total. The van der Waals surface area contributed by atoms with Crippen LogP contribution in [0, 0.1) is 5.92 Å². The molecule has 1 aliphatic rings. The zero-order valence-electron chi connectivity index (χ0n) is 13.6. The first-order valence-electron chi connectivity index (χ1n) is 8.03. The summed E-state index contributed by atoms with van der Waals surface area (Å²) < 4.78 is 11.1. The van der Waals surface area contributed by atoms with Crippen molar-refractivity contribution in [3.63, 3.8) is 0 Å². The van der Waals surface area contributed by atoms with Crippen LogP contribution in [-0.2, 0) is 11.2 Å². The second kappa shape index (κ2) is 7.28. The number of nitrogens with two attached hydrogens (primary N) is 1. The number of aryl methyl sites for hydroxylation is 1. The summed E-state index contributed by atoms with van der Waals surface area (Å²) in [6.45, 7) is 2.31. The highest BCUT2D eigenvalue weighted by Gasteiger charge is 2.39. The van der Waals surface area contributed by atoms with E-state index in [2.05, 4.69) is 19.1 Å². The van der Waals surface area contributed by atoms with E-state index in [1.165, 1.54) is 18.4 Å². The van der Waals surface area contributed by atoms with Crippen molar-refractivity contribution in [2.45, 2.75) is 57.1 Å². The van der Waals surface area contributed by atoms with Crippen molar-refractivity contribution >= 4 is 0 Å². The molecule has 0 aromatic heterocycles. The predicted octanol–water partition coefficient (Wildman–Crippen LogP) is 3.55. The van der Waals surface area contributed by atoms with Crippen LogP contribution in [0.15, 0.2) is 24.3 Å². The Morgan fingerprint density at radius 2 is 2.00 bits per heavy atom. The van der Waals surface area contributed by atoms with Gasteiger partial charge in [-0.25, -0.2) is 0 Å². The maximum atomic E-state index is 6.51. The molecule has 3 unspecified atom stereocenters. The molecular weight excluding hydrogens is 262 g/mol. The number of hydrogen-bond acceptors (Lipinski definition) is 3. The van der Waals surface area contributed by atoms with Crippen LogP contribution in [-0.4, -0.2) is 25.9 Å². The number of benzene rings is 1. The summed E-state index contributed by atoms with van der Waals surface area (Å²) in [5.74, 6) is 1.61. The normalized spacial score (nSPS) is 27.3. The molecule has 0 bridgehead atoms. The monoisotopic (exact) mass is 291 g/mol. The maximum absolute atomic E-state index is 6.51. The summed E-state index contributed by atoms with van der Waals surface area (Å²) in [4.78, 5) is 0. The molecule has 0 saturated heterocycles. The minimum atomic E-state index is -0.121. The van der Waals surface area contributed by atoms with Gasteiger partial charge in [0, 0.05) is 13.2 Å². The highest BCUT2D eigenvalue weighted by atomic mass is 16.5. The first-order chi connectivity index (χ1) is 10.1. The summed E-state index contributed by atoms with van der Waals surface area (Å²) in [6.07, 6.45) is 6.67. The van der Waals surface area contributed by atoms with Gasteiger partial charge >= 0.3 is 0 Å². The topological polar surface area (TPSA) is 44.5 Å². The van der Waals surface area contributed by atoms with Crippen molar-refractivity contribution < 1.29 is 9.47 Å². The molecule has 3 atom stereocenters. The molecule has 0 amide bonds. The van der Waals surface area contributed by atoms with Crippen molar-refractivity contribution in [1.29, 1.82) is 0 Å². The Balaban J connectivity index is 1.94. The molecule has 1 saturated carbocycles. The summed E-state index contributed by atoms with van der Waals surface area (Å²) in [5, 5.41) is 0. The molecule has 0 spiro atoms. The van der Waals surface area contributed by atoms with Crippen molar-refractivity contribution in [2.24, 2.45) is 11.7 Å². The van der Waals surface area contributed by atoms with Gasteiger partial charge in [0.15, 0.2) is 0 Å². The van der Waals surface area contributed by atoms with Gasteiger partial charge in [-0.1, -0.05) is 31.9 Å². The fourth-order valence-electron chi connectivity index (χ4n) is 3.59. The Labute approximate surface area is 128 Å². The largest absolute Gasteiger partial charge is 0.497 e. The fourth-order valence-corrected chi connectivity index (χ4v) is 3.59. The molecule has 3 heteroatoms. The molecule has 1 aromatic carbocycles. The molecule has 1 aromatic rings. The molecule has 0 radical (unpaired) electrons. The van der Waals surface area contributed by atoms with Crippen LogP contribution < -0.4 is 10.5 Å². The van der Waals surface area contributed by atoms with Gasteiger partial charge in [-0.2, -0.15) is 0 Å². The molecule has 2 rings (SSSR count). The number of ether oxygens (including phenoxy) is 2. The number of rotatable bonds is 6. The lowest BCUT2D eigenvalue weighted by molar-refractivity contribution is -0.0721. The Hall–Kier alpha value is -1.06. The van der Waals surface area contributed by atoms with E-state index in [1.54, 1.807) is 7.11 Å². The van der Waals surface area contributed by atoms with E-state index in [0.29, 0.717) is 5.92 Å². The second-order valence-corrected chi connectivity index (χ2v) is 6.46. The summed E-state index contributed by atoms with van der Waals surface area (Å²) in [7, 11) is 3.52. The van der Waals surface area contributed by atoms with E-state index in [9.17, 15) is 0 Å². The fraction of sp³-hybridized carbons (Fsp3) is 0.667. The SMILES string of the molecule is COc1ccc(CCC(N)C2(OC)CCCC(C)C2)cc1. The Bertz CT molecular complexity index is 431. The van der Waals surface area contributed by atoms with Gasteiger partial charge in [-0.3, -0.25) is 0 Å². The molecule has 118 valence electrons. The zero-order chi connectivity index (χ0) is 15.3. The molecule has 0 aliphatic heterocycles. The smallest absolute Gasteiger partial charge is 0.118 e. The lowest BCUT2D eigenvalue weighted by Crippen LogP contribution is -2.52. The maximum Gasteiger partial charge on any atom is 0.118 e. The highest BCUT2D eigenvalue weighted by molar-refractivity contribution is 5.27. The zero-order valence-corrected chi connectivity index (χ0v) is 13.6. The quantitative estimate of drug-likeness (QED) is 0.871. The average Bonchev–Trinajstić information content (AvgIpc) is 2.52.